The molecule has 3 aliphatic carbocycles. The Morgan fingerprint density at radius 1 is 0.792 bits per heavy atom. The van der Waals surface area contributed by atoms with E-state index in [9.17, 15) is 32.4 Å². The smallest absolute Gasteiger partial charge is 0.287 e. The number of piperidine rings is 2. The van der Waals surface area contributed by atoms with Crippen molar-refractivity contribution in [2.24, 2.45) is 40.4 Å². The summed E-state index contributed by atoms with van der Waals surface area (Å²) in [7, 11) is -3.50. The van der Waals surface area contributed by atoms with Crippen molar-refractivity contribution in [3.63, 3.8) is 0 Å². The Bertz CT molecular complexity index is 1460. The summed E-state index contributed by atoms with van der Waals surface area (Å²) in [5.41, 5.74) is -0.700. The molecule has 3 saturated carbocycles. The fourth-order valence-electron chi connectivity index (χ4n) is 10.7. The third-order valence-corrected chi connectivity index (χ3v) is 16.4. The number of fused-ring (bicyclic) bond motifs is 3. The molecule has 298 valence electrons. The van der Waals surface area contributed by atoms with Gasteiger partial charge in [-0.05, 0) is 80.0 Å². The van der Waals surface area contributed by atoms with E-state index < -0.39 is 45.0 Å². The first-order valence-corrected chi connectivity index (χ1v) is 23.1. The van der Waals surface area contributed by atoms with Crippen LogP contribution in [0.1, 0.15) is 155 Å². The molecular weight excluding hydrogens is 691 g/mol. The maximum Gasteiger partial charge on any atom is 0.287 e. The Labute approximate surface area is 318 Å². The number of carbonyl (C=O) groups excluding carboxylic acids is 5. The van der Waals surface area contributed by atoms with Crippen LogP contribution in [0.4, 0.5) is 0 Å². The first-order chi connectivity index (χ1) is 25.3. The molecule has 0 unspecified atom stereocenters. The van der Waals surface area contributed by atoms with Gasteiger partial charge in [-0.2, -0.15) is 0 Å². The van der Waals surface area contributed by atoms with Gasteiger partial charge in [0.1, 0.15) is 5.78 Å². The zero-order valence-electron chi connectivity index (χ0n) is 32.7. The zero-order valence-corrected chi connectivity index (χ0v) is 33.5. The summed E-state index contributed by atoms with van der Waals surface area (Å²) in [6.45, 7) is 6.37. The van der Waals surface area contributed by atoms with Crippen molar-refractivity contribution in [2.75, 3.05) is 31.9 Å². The van der Waals surface area contributed by atoms with Crippen molar-refractivity contribution in [3.8, 4) is 0 Å². The molecule has 3 heterocycles. The van der Waals surface area contributed by atoms with E-state index in [1.54, 1.807) is 9.21 Å². The van der Waals surface area contributed by atoms with E-state index in [1.165, 1.54) is 0 Å². The lowest BCUT2D eigenvalue weighted by Crippen LogP contribution is -2.49. The molecule has 0 bridgehead atoms. The van der Waals surface area contributed by atoms with Crippen molar-refractivity contribution in [1.29, 1.82) is 0 Å². The van der Waals surface area contributed by atoms with Gasteiger partial charge in [-0.15, -0.1) is 0 Å². The molecule has 0 spiro atoms. The highest BCUT2D eigenvalue weighted by atomic mass is 32.2. The van der Waals surface area contributed by atoms with Gasteiger partial charge in [-0.25, -0.2) is 12.7 Å². The molecule has 0 radical (unpaired) electrons. The van der Waals surface area contributed by atoms with Crippen molar-refractivity contribution >= 4 is 39.2 Å². The average Bonchev–Trinajstić information content (AvgIpc) is 3.99. The molecule has 0 aromatic heterocycles. The summed E-state index contributed by atoms with van der Waals surface area (Å²) >= 11 is 0. The topological polar surface area (TPSA) is 138 Å². The summed E-state index contributed by atoms with van der Waals surface area (Å²) in [5.74, 6) is -2.04. The minimum absolute atomic E-state index is 0.000803. The molecule has 53 heavy (non-hydrogen) atoms. The summed E-state index contributed by atoms with van der Waals surface area (Å²) < 4.78 is 29.0. The van der Waals surface area contributed by atoms with Crippen molar-refractivity contribution in [2.45, 2.75) is 161 Å². The number of Topliss-reactive ketones (excluding diaryl/α,β-unsaturated/α-hetero) is 3. The number of carbonyl (C=O) groups is 5. The van der Waals surface area contributed by atoms with Crippen molar-refractivity contribution in [1.82, 2.24) is 14.5 Å². The second-order valence-electron chi connectivity index (χ2n) is 18.7. The van der Waals surface area contributed by atoms with E-state index >= 15 is 0 Å². The Kier molecular flexibility index (Phi) is 13.3. The van der Waals surface area contributed by atoms with E-state index in [4.69, 9.17) is 0 Å². The fourth-order valence-corrected chi connectivity index (χ4v) is 12.8. The van der Waals surface area contributed by atoms with Crippen LogP contribution in [0.3, 0.4) is 0 Å². The summed E-state index contributed by atoms with van der Waals surface area (Å²) in [4.78, 5) is 71.4. The SMILES string of the molecule is CC1(C)[C@@H]2[C@H]3C(=O)C[C@H](C(=O)C(=O)NCC4CC4)CCCCCCCCC[C@H](CC(=O)CC4(CS(=O)(=O)N5CCCCC5)CCCCC4)C(=O)N3C[C@@H]21. The molecule has 0 aromatic carbocycles. The van der Waals surface area contributed by atoms with E-state index in [0.717, 1.165) is 96.3 Å². The monoisotopic (exact) mass is 757 g/mol. The number of sulfonamides is 1. The van der Waals surface area contributed by atoms with Crippen LogP contribution in [0.2, 0.25) is 0 Å². The molecule has 3 saturated heterocycles. The molecule has 11 heteroatoms. The maximum absolute atomic E-state index is 14.7. The lowest BCUT2D eigenvalue weighted by atomic mass is 9.71. The number of ketones is 3. The Balaban J connectivity index is 1.19. The lowest BCUT2D eigenvalue weighted by molar-refractivity contribution is -0.146. The van der Waals surface area contributed by atoms with Gasteiger partial charge < -0.3 is 10.2 Å². The van der Waals surface area contributed by atoms with Gasteiger partial charge in [0.15, 0.2) is 5.78 Å². The summed E-state index contributed by atoms with van der Waals surface area (Å²) in [5, 5.41) is 2.81. The number of rotatable bonds is 11. The normalized spacial score (nSPS) is 31.7. The number of nitrogens with zero attached hydrogens (tertiary/aromatic N) is 2. The number of nitrogens with one attached hydrogen (secondary N) is 1. The van der Waals surface area contributed by atoms with Crippen LogP contribution in [-0.2, 0) is 34.0 Å². The van der Waals surface area contributed by atoms with Crippen LogP contribution < -0.4 is 5.32 Å². The highest BCUT2D eigenvalue weighted by Crippen LogP contribution is 2.65. The molecule has 5 atom stereocenters. The van der Waals surface area contributed by atoms with Crippen LogP contribution in [0, 0.1) is 40.4 Å². The molecule has 6 aliphatic rings. The highest BCUT2D eigenvalue weighted by Gasteiger charge is 2.69. The molecule has 0 aromatic rings. The van der Waals surface area contributed by atoms with Crippen LogP contribution >= 0.6 is 0 Å². The minimum Gasteiger partial charge on any atom is -0.349 e. The maximum atomic E-state index is 14.7. The van der Waals surface area contributed by atoms with Crippen molar-refractivity contribution < 1.29 is 32.4 Å². The second kappa shape index (κ2) is 17.3. The molecule has 10 nitrogen and oxygen atoms in total. The quantitative estimate of drug-likeness (QED) is 0.241. The summed E-state index contributed by atoms with van der Waals surface area (Å²) in [6.07, 6.45) is 17.1. The number of hydrogen-bond donors (Lipinski definition) is 1. The van der Waals surface area contributed by atoms with Gasteiger partial charge >= 0.3 is 0 Å². The van der Waals surface area contributed by atoms with E-state index in [0.29, 0.717) is 57.8 Å². The fraction of sp³-hybridized carbons (Fsp3) is 0.881. The molecule has 6 fully saturated rings. The first-order valence-electron chi connectivity index (χ1n) is 21.5. The van der Waals surface area contributed by atoms with Gasteiger partial charge in [0.2, 0.25) is 21.7 Å². The second-order valence-corrected chi connectivity index (χ2v) is 20.7. The molecular formula is C42H67N3O7S. The molecule has 2 amide bonds. The largest absolute Gasteiger partial charge is 0.349 e. The van der Waals surface area contributed by atoms with Gasteiger partial charge in [0, 0.05) is 57.3 Å². The van der Waals surface area contributed by atoms with E-state index in [-0.39, 0.29) is 59.7 Å². The Hall–Kier alpha value is -2.14. The number of amides is 2. The van der Waals surface area contributed by atoms with Crippen LogP contribution in [0.15, 0.2) is 0 Å². The van der Waals surface area contributed by atoms with Gasteiger partial charge in [-0.1, -0.05) is 84.5 Å². The average molecular weight is 758 g/mol. The standard InChI is InChI=1S/C42H67N3O7S/c1-41(2)34-28-45-37(36(34)41)35(47)25-31(38(48)39(49)43-27-30-18-19-30)16-10-6-4-3-5-7-11-17-32(40(45)50)24-33(46)26-42(20-12-8-13-21-42)29-53(51,52)44-22-14-9-15-23-44/h30-32,34,36-37H,3-29H2,1-2H3,(H,43,49)/t31-,32-,34+,36+,37-/m1/s1. The molecule has 1 N–H and O–H groups in total. The first kappa shape index (κ1) is 40.5. The number of hydrogen-bond acceptors (Lipinski definition) is 7. The molecule has 3 aliphatic heterocycles. The van der Waals surface area contributed by atoms with E-state index in [2.05, 4.69) is 19.2 Å². The Morgan fingerprint density at radius 2 is 1.40 bits per heavy atom. The van der Waals surface area contributed by atoms with Crippen LogP contribution in [-0.4, -0.2) is 84.8 Å². The van der Waals surface area contributed by atoms with Gasteiger partial charge in [0.05, 0.1) is 11.8 Å². The Morgan fingerprint density at radius 3 is 2.06 bits per heavy atom. The van der Waals surface area contributed by atoms with Crippen LogP contribution in [0.25, 0.3) is 0 Å². The van der Waals surface area contributed by atoms with Crippen molar-refractivity contribution in [3.05, 3.63) is 0 Å². The molecule has 6 rings (SSSR count). The highest BCUT2D eigenvalue weighted by molar-refractivity contribution is 7.89. The van der Waals surface area contributed by atoms with Gasteiger partial charge in [-0.3, -0.25) is 24.0 Å². The third-order valence-electron chi connectivity index (χ3n) is 14.2. The zero-order chi connectivity index (χ0) is 37.8. The lowest BCUT2D eigenvalue weighted by Gasteiger charge is -2.39. The van der Waals surface area contributed by atoms with Gasteiger partial charge in [0.25, 0.3) is 5.91 Å². The third kappa shape index (κ3) is 10.0. The van der Waals surface area contributed by atoms with E-state index in [1.807, 2.05) is 0 Å². The summed E-state index contributed by atoms with van der Waals surface area (Å²) in [6, 6.07) is -0.655. The predicted molar refractivity (Wildman–Crippen MR) is 204 cm³/mol. The van der Waals surface area contributed by atoms with Crippen LogP contribution in [0.5, 0.6) is 0 Å². The predicted octanol–water partition coefficient (Wildman–Crippen LogP) is 6.40. The minimum atomic E-state index is -3.50.